The molecular formula is C10H17N3. The summed E-state index contributed by atoms with van der Waals surface area (Å²) < 4.78 is 0. The number of nitrogen functional groups attached to an aromatic ring is 1. The molecule has 0 saturated carbocycles. The van der Waals surface area contributed by atoms with E-state index in [2.05, 4.69) is 17.2 Å². The Kier molecular flexibility index (Phi) is 3.71. The summed E-state index contributed by atoms with van der Waals surface area (Å²) in [6.07, 6.45) is 5.64. The lowest BCUT2D eigenvalue weighted by Gasteiger charge is -2.10. The lowest BCUT2D eigenvalue weighted by atomic mass is 10.1. The highest BCUT2D eigenvalue weighted by molar-refractivity contribution is 5.44. The van der Waals surface area contributed by atoms with Gasteiger partial charge in [0.05, 0.1) is 0 Å². The van der Waals surface area contributed by atoms with E-state index in [0.717, 1.165) is 24.1 Å². The molecule has 13 heavy (non-hydrogen) atoms. The largest absolute Gasteiger partial charge is 0.398 e. The summed E-state index contributed by atoms with van der Waals surface area (Å²) in [5.74, 6) is 0. The second-order valence-corrected chi connectivity index (χ2v) is 3.30. The molecule has 1 aromatic heterocycles. The van der Waals surface area contributed by atoms with Gasteiger partial charge in [0.25, 0.3) is 0 Å². The van der Waals surface area contributed by atoms with Crippen molar-refractivity contribution in [3.8, 4) is 0 Å². The molecule has 0 saturated heterocycles. The van der Waals surface area contributed by atoms with Crippen molar-refractivity contribution >= 4 is 5.69 Å². The minimum Gasteiger partial charge on any atom is -0.398 e. The number of nitrogens with zero attached hydrogens (tertiary/aromatic N) is 1. The van der Waals surface area contributed by atoms with Crippen molar-refractivity contribution in [3.63, 3.8) is 0 Å². The maximum atomic E-state index is 5.79. The zero-order chi connectivity index (χ0) is 9.68. The molecule has 3 heteroatoms. The quantitative estimate of drug-likeness (QED) is 0.730. The highest BCUT2D eigenvalue weighted by Gasteiger charge is 2.01. The van der Waals surface area contributed by atoms with Gasteiger partial charge in [0.2, 0.25) is 0 Å². The molecule has 0 aliphatic heterocycles. The van der Waals surface area contributed by atoms with Crippen LogP contribution < -0.4 is 11.1 Å². The van der Waals surface area contributed by atoms with Gasteiger partial charge in [0.15, 0.2) is 0 Å². The van der Waals surface area contributed by atoms with Gasteiger partial charge in [0.1, 0.15) is 0 Å². The number of pyridine rings is 1. The highest BCUT2D eigenvalue weighted by Crippen LogP contribution is 2.11. The summed E-state index contributed by atoms with van der Waals surface area (Å²) in [5.41, 5.74) is 7.78. The van der Waals surface area contributed by atoms with Gasteiger partial charge in [-0.25, -0.2) is 0 Å². The fraction of sp³-hybridized carbons (Fsp3) is 0.500. The Morgan fingerprint density at radius 3 is 3.00 bits per heavy atom. The monoisotopic (exact) mass is 179 g/mol. The molecule has 1 aromatic rings. The van der Waals surface area contributed by atoms with Crippen molar-refractivity contribution in [3.05, 3.63) is 24.0 Å². The van der Waals surface area contributed by atoms with Crippen molar-refractivity contribution in [2.45, 2.75) is 25.8 Å². The standard InChI is InChI=1S/C10H17N3/c1-8(12-2)3-4-9-7-13-6-5-10(9)11/h5-8,12H,3-4H2,1-2H3,(H2,11,13). The lowest BCUT2D eigenvalue weighted by Crippen LogP contribution is -2.21. The molecule has 0 bridgehead atoms. The fourth-order valence-corrected chi connectivity index (χ4v) is 1.16. The van der Waals surface area contributed by atoms with Gasteiger partial charge in [-0.3, -0.25) is 4.98 Å². The predicted molar refractivity (Wildman–Crippen MR) is 55.5 cm³/mol. The number of aryl methyl sites for hydroxylation is 1. The first kappa shape index (κ1) is 9.99. The van der Waals surface area contributed by atoms with Crippen LogP contribution in [-0.2, 0) is 6.42 Å². The van der Waals surface area contributed by atoms with Crippen molar-refractivity contribution in [1.29, 1.82) is 0 Å². The van der Waals surface area contributed by atoms with Crippen LogP contribution in [-0.4, -0.2) is 18.1 Å². The molecule has 0 amide bonds. The van der Waals surface area contributed by atoms with Crippen molar-refractivity contribution in [1.82, 2.24) is 10.3 Å². The van der Waals surface area contributed by atoms with E-state index in [4.69, 9.17) is 5.73 Å². The Balaban J connectivity index is 2.50. The number of hydrogen-bond donors (Lipinski definition) is 2. The Morgan fingerprint density at radius 2 is 2.38 bits per heavy atom. The molecule has 1 rings (SSSR count). The molecule has 0 aromatic carbocycles. The molecule has 0 fully saturated rings. The Bertz CT molecular complexity index is 260. The zero-order valence-corrected chi connectivity index (χ0v) is 8.25. The predicted octanol–water partition coefficient (Wildman–Crippen LogP) is 1.20. The number of hydrogen-bond acceptors (Lipinski definition) is 3. The van der Waals surface area contributed by atoms with Gasteiger partial charge >= 0.3 is 0 Å². The maximum Gasteiger partial charge on any atom is 0.0377 e. The molecule has 1 heterocycles. The van der Waals surface area contributed by atoms with Gasteiger partial charge in [-0.1, -0.05) is 0 Å². The third-order valence-electron chi connectivity index (χ3n) is 2.28. The van der Waals surface area contributed by atoms with E-state index in [1.807, 2.05) is 19.3 Å². The normalized spacial score (nSPS) is 12.8. The van der Waals surface area contributed by atoms with Gasteiger partial charge in [-0.15, -0.1) is 0 Å². The molecule has 1 unspecified atom stereocenters. The molecule has 3 nitrogen and oxygen atoms in total. The third kappa shape index (κ3) is 3.03. The van der Waals surface area contributed by atoms with Crippen LogP contribution in [0.25, 0.3) is 0 Å². The summed E-state index contributed by atoms with van der Waals surface area (Å²) >= 11 is 0. The van der Waals surface area contributed by atoms with Crippen LogP contribution in [0.2, 0.25) is 0 Å². The zero-order valence-electron chi connectivity index (χ0n) is 8.25. The van der Waals surface area contributed by atoms with Crippen molar-refractivity contribution in [2.24, 2.45) is 0 Å². The minimum atomic E-state index is 0.527. The highest BCUT2D eigenvalue weighted by atomic mass is 14.8. The Hall–Kier alpha value is -1.09. The molecular weight excluding hydrogens is 162 g/mol. The van der Waals surface area contributed by atoms with Crippen LogP contribution in [0.1, 0.15) is 18.9 Å². The van der Waals surface area contributed by atoms with Crippen LogP contribution in [0.15, 0.2) is 18.5 Å². The summed E-state index contributed by atoms with van der Waals surface area (Å²) in [7, 11) is 1.97. The fourth-order valence-electron chi connectivity index (χ4n) is 1.16. The molecule has 0 radical (unpaired) electrons. The SMILES string of the molecule is CNC(C)CCc1cnccc1N. The van der Waals surface area contributed by atoms with Crippen molar-refractivity contribution in [2.75, 3.05) is 12.8 Å². The van der Waals surface area contributed by atoms with E-state index in [1.54, 1.807) is 6.20 Å². The average Bonchev–Trinajstić information content (AvgIpc) is 2.16. The molecule has 3 N–H and O–H groups in total. The summed E-state index contributed by atoms with van der Waals surface area (Å²) in [5, 5.41) is 3.19. The summed E-state index contributed by atoms with van der Waals surface area (Å²) in [4.78, 5) is 4.05. The summed E-state index contributed by atoms with van der Waals surface area (Å²) in [6.45, 7) is 2.16. The lowest BCUT2D eigenvalue weighted by molar-refractivity contribution is 0.565. The van der Waals surface area contributed by atoms with E-state index in [-0.39, 0.29) is 0 Å². The first-order valence-electron chi connectivity index (χ1n) is 4.59. The molecule has 0 spiro atoms. The van der Waals surface area contributed by atoms with Crippen LogP contribution >= 0.6 is 0 Å². The van der Waals surface area contributed by atoms with Gasteiger partial charge in [-0.2, -0.15) is 0 Å². The van der Waals surface area contributed by atoms with E-state index in [0.29, 0.717) is 6.04 Å². The first-order chi connectivity index (χ1) is 6.24. The Morgan fingerprint density at radius 1 is 1.62 bits per heavy atom. The maximum absolute atomic E-state index is 5.79. The molecule has 0 aliphatic rings. The van der Waals surface area contributed by atoms with E-state index < -0.39 is 0 Å². The van der Waals surface area contributed by atoms with Crippen LogP contribution in [0, 0.1) is 0 Å². The number of rotatable bonds is 4. The number of nitrogens with one attached hydrogen (secondary N) is 1. The molecule has 0 aliphatic carbocycles. The van der Waals surface area contributed by atoms with Gasteiger partial charge in [-0.05, 0) is 38.4 Å². The second-order valence-electron chi connectivity index (χ2n) is 3.30. The second kappa shape index (κ2) is 4.82. The number of aromatic nitrogens is 1. The number of anilines is 1. The number of nitrogens with two attached hydrogens (primary N) is 1. The van der Waals surface area contributed by atoms with E-state index in [9.17, 15) is 0 Å². The smallest absolute Gasteiger partial charge is 0.0377 e. The minimum absolute atomic E-state index is 0.527. The van der Waals surface area contributed by atoms with E-state index in [1.165, 1.54) is 0 Å². The molecule has 72 valence electrons. The topological polar surface area (TPSA) is 50.9 Å². The van der Waals surface area contributed by atoms with Crippen LogP contribution in [0.4, 0.5) is 5.69 Å². The van der Waals surface area contributed by atoms with Gasteiger partial charge in [0, 0.05) is 24.1 Å². The van der Waals surface area contributed by atoms with Crippen LogP contribution in [0.5, 0.6) is 0 Å². The van der Waals surface area contributed by atoms with Gasteiger partial charge < -0.3 is 11.1 Å². The summed E-state index contributed by atoms with van der Waals surface area (Å²) in [6, 6.07) is 2.37. The first-order valence-corrected chi connectivity index (χ1v) is 4.59. The van der Waals surface area contributed by atoms with Crippen LogP contribution in [0.3, 0.4) is 0 Å². The Labute approximate surface area is 79.4 Å². The third-order valence-corrected chi connectivity index (χ3v) is 2.28. The molecule has 1 atom stereocenters. The van der Waals surface area contributed by atoms with Crippen molar-refractivity contribution < 1.29 is 0 Å². The average molecular weight is 179 g/mol. The van der Waals surface area contributed by atoms with E-state index >= 15 is 0 Å².